The quantitative estimate of drug-likeness (QED) is 0.866. The standard InChI is InChI=1S/C16H15ClFNO3S/c17-13-5-3-6-14(10-13)23(21,22)9-8-16(20)19-11-12-4-1-2-7-15(12)18/h1-7,10H,8-9,11H2,(H,19,20). The molecule has 0 fully saturated rings. The topological polar surface area (TPSA) is 63.2 Å². The summed E-state index contributed by atoms with van der Waals surface area (Å²) in [6.45, 7) is 0.0166. The summed E-state index contributed by atoms with van der Waals surface area (Å²) in [7, 11) is -3.59. The second-order valence-corrected chi connectivity index (χ2v) is 7.44. The van der Waals surface area contributed by atoms with Crippen molar-refractivity contribution in [1.82, 2.24) is 5.32 Å². The lowest BCUT2D eigenvalue weighted by Gasteiger charge is -2.07. The molecule has 0 aliphatic heterocycles. The number of sulfone groups is 1. The lowest BCUT2D eigenvalue weighted by Crippen LogP contribution is -2.25. The number of hydrogen-bond donors (Lipinski definition) is 1. The van der Waals surface area contributed by atoms with Crippen LogP contribution in [0.4, 0.5) is 4.39 Å². The highest BCUT2D eigenvalue weighted by atomic mass is 35.5. The summed E-state index contributed by atoms with van der Waals surface area (Å²) in [5.41, 5.74) is 0.346. The first-order chi connectivity index (χ1) is 10.9. The largest absolute Gasteiger partial charge is 0.352 e. The number of amides is 1. The third-order valence-corrected chi connectivity index (χ3v) is 5.14. The van der Waals surface area contributed by atoms with Gasteiger partial charge in [0, 0.05) is 23.6 Å². The fourth-order valence-corrected chi connectivity index (χ4v) is 3.47. The van der Waals surface area contributed by atoms with Crippen LogP contribution in [-0.2, 0) is 21.2 Å². The predicted octanol–water partition coefficient (Wildman–Crippen LogP) is 2.96. The Labute approximate surface area is 139 Å². The number of rotatable bonds is 6. The van der Waals surface area contributed by atoms with Gasteiger partial charge in [0.25, 0.3) is 0 Å². The first kappa shape index (κ1) is 17.4. The van der Waals surface area contributed by atoms with Crippen LogP contribution < -0.4 is 5.32 Å². The number of hydrogen-bond acceptors (Lipinski definition) is 3. The highest BCUT2D eigenvalue weighted by Gasteiger charge is 2.16. The Hall–Kier alpha value is -1.92. The molecule has 0 bridgehead atoms. The second kappa shape index (κ2) is 7.57. The Morgan fingerprint density at radius 2 is 1.87 bits per heavy atom. The zero-order valence-corrected chi connectivity index (χ0v) is 13.7. The first-order valence-corrected chi connectivity index (χ1v) is 8.90. The molecule has 0 aliphatic rings. The van der Waals surface area contributed by atoms with E-state index < -0.39 is 21.6 Å². The van der Waals surface area contributed by atoms with Crippen LogP contribution in [0.1, 0.15) is 12.0 Å². The molecule has 7 heteroatoms. The summed E-state index contributed by atoms with van der Waals surface area (Å²) in [6, 6.07) is 11.9. The summed E-state index contributed by atoms with van der Waals surface area (Å²) in [5.74, 6) is -1.21. The smallest absolute Gasteiger partial charge is 0.221 e. The molecule has 0 saturated carbocycles. The van der Waals surface area contributed by atoms with Gasteiger partial charge in [-0.1, -0.05) is 35.9 Å². The van der Waals surface area contributed by atoms with Crippen LogP contribution in [0.25, 0.3) is 0 Å². The molecule has 0 radical (unpaired) electrons. The molecule has 23 heavy (non-hydrogen) atoms. The minimum Gasteiger partial charge on any atom is -0.352 e. The SMILES string of the molecule is O=C(CCS(=O)(=O)c1cccc(Cl)c1)NCc1ccccc1F. The van der Waals surface area contributed by atoms with Crippen LogP contribution >= 0.6 is 11.6 Å². The molecule has 0 spiro atoms. The molecule has 2 rings (SSSR count). The zero-order chi connectivity index (χ0) is 16.9. The molecule has 0 aliphatic carbocycles. The molecule has 2 aromatic rings. The maximum absolute atomic E-state index is 13.4. The molecule has 0 heterocycles. The average Bonchev–Trinajstić information content (AvgIpc) is 2.52. The fraction of sp³-hybridized carbons (Fsp3) is 0.188. The molecular weight excluding hydrogens is 341 g/mol. The van der Waals surface area contributed by atoms with E-state index in [1.54, 1.807) is 24.3 Å². The lowest BCUT2D eigenvalue weighted by atomic mass is 10.2. The van der Waals surface area contributed by atoms with E-state index in [0.29, 0.717) is 10.6 Å². The van der Waals surface area contributed by atoms with Gasteiger partial charge in [0.05, 0.1) is 10.6 Å². The Morgan fingerprint density at radius 3 is 2.57 bits per heavy atom. The zero-order valence-electron chi connectivity index (χ0n) is 12.1. The average molecular weight is 356 g/mol. The number of benzene rings is 2. The van der Waals surface area contributed by atoms with Crippen molar-refractivity contribution in [1.29, 1.82) is 0 Å². The van der Waals surface area contributed by atoms with Gasteiger partial charge in [0.1, 0.15) is 5.82 Å². The molecule has 122 valence electrons. The summed E-state index contributed by atoms with van der Waals surface area (Å²) < 4.78 is 37.7. The summed E-state index contributed by atoms with van der Waals surface area (Å²) in [4.78, 5) is 11.8. The van der Waals surface area contributed by atoms with Gasteiger partial charge >= 0.3 is 0 Å². The number of halogens is 2. The highest BCUT2D eigenvalue weighted by Crippen LogP contribution is 2.17. The molecule has 0 unspecified atom stereocenters. The number of carbonyl (C=O) groups excluding carboxylic acids is 1. The van der Waals surface area contributed by atoms with E-state index in [1.807, 2.05) is 0 Å². The van der Waals surface area contributed by atoms with E-state index in [-0.39, 0.29) is 23.6 Å². The van der Waals surface area contributed by atoms with E-state index in [1.165, 1.54) is 24.3 Å². The summed E-state index contributed by atoms with van der Waals surface area (Å²) in [6.07, 6.45) is -0.205. The minimum absolute atomic E-state index is 0.0166. The van der Waals surface area contributed by atoms with Gasteiger partial charge in [-0.3, -0.25) is 4.79 Å². The minimum atomic E-state index is -3.59. The summed E-state index contributed by atoms with van der Waals surface area (Å²) in [5, 5.41) is 2.82. The monoisotopic (exact) mass is 355 g/mol. The molecule has 2 aromatic carbocycles. The molecule has 0 saturated heterocycles. The predicted molar refractivity (Wildman–Crippen MR) is 86.4 cm³/mol. The van der Waals surface area contributed by atoms with Crippen molar-refractivity contribution in [2.24, 2.45) is 0 Å². The van der Waals surface area contributed by atoms with Crippen LogP contribution in [-0.4, -0.2) is 20.1 Å². The third kappa shape index (κ3) is 5.04. The van der Waals surface area contributed by atoms with Crippen LogP contribution in [0.15, 0.2) is 53.4 Å². The van der Waals surface area contributed by atoms with Crippen LogP contribution in [0.2, 0.25) is 5.02 Å². The van der Waals surface area contributed by atoms with Gasteiger partial charge in [-0.15, -0.1) is 0 Å². The van der Waals surface area contributed by atoms with Gasteiger partial charge in [-0.05, 0) is 24.3 Å². The number of nitrogens with one attached hydrogen (secondary N) is 1. The molecular formula is C16H15ClFNO3S. The molecule has 1 amide bonds. The Bertz CT molecular complexity index is 808. The highest BCUT2D eigenvalue weighted by molar-refractivity contribution is 7.91. The van der Waals surface area contributed by atoms with Gasteiger partial charge in [-0.25, -0.2) is 12.8 Å². The van der Waals surface area contributed by atoms with Gasteiger partial charge < -0.3 is 5.32 Å². The normalized spacial score (nSPS) is 11.2. The maximum atomic E-state index is 13.4. The lowest BCUT2D eigenvalue weighted by molar-refractivity contribution is -0.120. The second-order valence-electron chi connectivity index (χ2n) is 4.89. The molecule has 0 atom stereocenters. The Morgan fingerprint density at radius 1 is 1.13 bits per heavy atom. The van der Waals surface area contributed by atoms with Crippen LogP contribution in [0.3, 0.4) is 0 Å². The van der Waals surface area contributed by atoms with Crippen LogP contribution in [0, 0.1) is 5.82 Å². The van der Waals surface area contributed by atoms with E-state index in [0.717, 1.165) is 0 Å². The third-order valence-electron chi connectivity index (χ3n) is 3.19. The number of carbonyl (C=O) groups is 1. The van der Waals surface area contributed by atoms with Gasteiger partial charge in [-0.2, -0.15) is 0 Å². The van der Waals surface area contributed by atoms with Crippen molar-refractivity contribution in [3.8, 4) is 0 Å². The molecule has 1 N–H and O–H groups in total. The van der Waals surface area contributed by atoms with Crippen molar-refractivity contribution in [3.63, 3.8) is 0 Å². The molecule has 4 nitrogen and oxygen atoms in total. The van der Waals surface area contributed by atoms with E-state index >= 15 is 0 Å². The fourth-order valence-electron chi connectivity index (χ4n) is 1.93. The van der Waals surface area contributed by atoms with Crippen molar-refractivity contribution in [2.75, 3.05) is 5.75 Å². The maximum Gasteiger partial charge on any atom is 0.221 e. The van der Waals surface area contributed by atoms with Gasteiger partial charge in [0.2, 0.25) is 5.91 Å². The Balaban J connectivity index is 1.90. The molecule has 0 aromatic heterocycles. The summed E-state index contributed by atoms with van der Waals surface area (Å²) >= 11 is 5.77. The van der Waals surface area contributed by atoms with E-state index in [2.05, 4.69) is 5.32 Å². The van der Waals surface area contributed by atoms with Crippen LogP contribution in [0.5, 0.6) is 0 Å². The van der Waals surface area contributed by atoms with Gasteiger partial charge in [0.15, 0.2) is 9.84 Å². The Kier molecular flexibility index (Phi) is 5.74. The van der Waals surface area contributed by atoms with E-state index in [4.69, 9.17) is 11.6 Å². The van der Waals surface area contributed by atoms with Crippen molar-refractivity contribution >= 4 is 27.3 Å². The first-order valence-electron chi connectivity index (χ1n) is 6.87. The van der Waals surface area contributed by atoms with Crippen molar-refractivity contribution < 1.29 is 17.6 Å². The van der Waals surface area contributed by atoms with Crippen molar-refractivity contribution in [3.05, 3.63) is 64.9 Å². The van der Waals surface area contributed by atoms with E-state index in [9.17, 15) is 17.6 Å². The van der Waals surface area contributed by atoms with Crippen molar-refractivity contribution in [2.45, 2.75) is 17.9 Å².